The molecule has 1 amide bonds. The highest BCUT2D eigenvalue weighted by Crippen LogP contribution is 2.41. The zero-order chi connectivity index (χ0) is 27.9. The summed E-state index contributed by atoms with van der Waals surface area (Å²) in [5.74, 6) is 1.80. The van der Waals surface area contributed by atoms with Crippen molar-refractivity contribution in [3.63, 3.8) is 0 Å². The second-order valence-electron chi connectivity index (χ2n) is 8.40. The van der Waals surface area contributed by atoms with Gasteiger partial charge in [0.15, 0.2) is 22.5 Å². The third-order valence-electron chi connectivity index (χ3n) is 5.96. The van der Waals surface area contributed by atoms with Crippen LogP contribution >= 0.6 is 11.8 Å². The normalized spacial score (nSPS) is 11.1. The molecule has 1 N–H and O–H groups in total. The molecule has 0 spiro atoms. The fraction of sp³-hybridized carbons (Fsp3) is 0.138. The van der Waals surface area contributed by atoms with Crippen molar-refractivity contribution in [3.05, 3.63) is 84.6 Å². The lowest BCUT2D eigenvalue weighted by Crippen LogP contribution is -2.20. The maximum Gasteiger partial charge on any atom is 0.250 e. The minimum Gasteiger partial charge on any atom is -0.493 e. The highest BCUT2D eigenvalue weighted by atomic mass is 32.2. The van der Waals surface area contributed by atoms with Crippen LogP contribution in [0.1, 0.15) is 5.56 Å². The van der Waals surface area contributed by atoms with Crippen molar-refractivity contribution in [2.75, 3.05) is 27.1 Å². The molecule has 0 fully saturated rings. The first-order valence-corrected chi connectivity index (χ1v) is 13.2. The minimum atomic E-state index is -0.286. The van der Waals surface area contributed by atoms with Gasteiger partial charge < -0.3 is 14.2 Å². The first-order chi connectivity index (χ1) is 19.6. The molecule has 5 rings (SSSR count). The number of hydrogen-bond donors (Lipinski definition) is 1. The number of methoxy groups -OCH3 is 3. The average Bonchev–Trinajstić information content (AvgIpc) is 3.43. The summed E-state index contributed by atoms with van der Waals surface area (Å²) in [6.07, 6.45) is 3.32. The Morgan fingerprint density at radius 1 is 0.950 bits per heavy atom. The lowest BCUT2D eigenvalue weighted by Gasteiger charge is -2.15. The van der Waals surface area contributed by atoms with E-state index in [-0.39, 0.29) is 11.7 Å². The smallest absolute Gasteiger partial charge is 0.250 e. The maximum absolute atomic E-state index is 12.7. The van der Waals surface area contributed by atoms with Gasteiger partial charge in [-0.3, -0.25) is 14.3 Å². The van der Waals surface area contributed by atoms with Gasteiger partial charge in [0.25, 0.3) is 5.91 Å². The van der Waals surface area contributed by atoms with Crippen LogP contribution < -0.4 is 19.6 Å². The average molecular weight is 555 g/mol. The Hall–Kier alpha value is -4.90. The lowest BCUT2D eigenvalue weighted by atomic mass is 10.1. The van der Waals surface area contributed by atoms with Gasteiger partial charge in [0, 0.05) is 28.4 Å². The summed E-state index contributed by atoms with van der Waals surface area (Å²) in [5.41, 5.74) is 5.74. The van der Waals surface area contributed by atoms with Crippen LogP contribution in [0, 0.1) is 0 Å². The number of aromatic nitrogens is 4. The number of hydrogen-bond acceptors (Lipinski definition) is 9. The number of carbonyl (C=O) groups is 1. The Balaban J connectivity index is 1.38. The predicted octanol–water partition coefficient (Wildman–Crippen LogP) is 4.75. The van der Waals surface area contributed by atoms with Gasteiger partial charge in [-0.05, 0) is 30.3 Å². The molecule has 2 heterocycles. The van der Waals surface area contributed by atoms with Crippen molar-refractivity contribution in [2.45, 2.75) is 5.16 Å². The van der Waals surface area contributed by atoms with Gasteiger partial charge >= 0.3 is 0 Å². The number of pyridine rings is 1. The molecule has 5 aromatic rings. The monoisotopic (exact) mass is 554 g/mol. The third kappa shape index (κ3) is 5.59. The van der Waals surface area contributed by atoms with Crippen LogP contribution in [-0.4, -0.2) is 59.0 Å². The number of benzene rings is 3. The summed E-state index contributed by atoms with van der Waals surface area (Å²) in [4.78, 5) is 17.1. The van der Waals surface area contributed by atoms with E-state index in [0.29, 0.717) is 33.8 Å². The summed E-state index contributed by atoms with van der Waals surface area (Å²) in [7, 11) is 4.67. The molecule has 10 nitrogen and oxygen atoms in total. The highest BCUT2D eigenvalue weighted by Gasteiger charge is 2.21. The Morgan fingerprint density at radius 3 is 2.42 bits per heavy atom. The molecule has 0 atom stereocenters. The molecule has 0 aliphatic carbocycles. The Labute approximate surface area is 235 Å². The van der Waals surface area contributed by atoms with Crippen LogP contribution in [0.2, 0.25) is 0 Å². The van der Waals surface area contributed by atoms with E-state index in [2.05, 4.69) is 25.7 Å². The van der Waals surface area contributed by atoms with Crippen molar-refractivity contribution >= 4 is 34.8 Å². The SMILES string of the molecule is COc1cc(-c2nnc(SCC(=O)N/N=C/c3cccc4cccnc34)n2-c2ccccc2)cc(OC)c1OC. The third-order valence-corrected chi connectivity index (χ3v) is 6.89. The molecule has 2 aromatic heterocycles. The quantitative estimate of drug-likeness (QED) is 0.150. The van der Waals surface area contributed by atoms with E-state index < -0.39 is 0 Å². The summed E-state index contributed by atoms with van der Waals surface area (Å²) in [6.45, 7) is 0. The molecule has 0 aliphatic rings. The number of thioether (sulfide) groups is 1. The van der Waals surface area contributed by atoms with Gasteiger partial charge in [-0.25, -0.2) is 5.43 Å². The van der Waals surface area contributed by atoms with Crippen LogP contribution in [-0.2, 0) is 4.79 Å². The van der Waals surface area contributed by atoms with Crippen LogP contribution in [0.5, 0.6) is 17.2 Å². The number of nitrogens with zero attached hydrogens (tertiary/aromatic N) is 5. The number of carbonyl (C=O) groups excluding carboxylic acids is 1. The van der Waals surface area contributed by atoms with Gasteiger partial charge in [-0.1, -0.05) is 54.2 Å². The number of rotatable bonds is 10. The van der Waals surface area contributed by atoms with Crippen molar-refractivity contribution in [2.24, 2.45) is 5.10 Å². The fourth-order valence-corrected chi connectivity index (χ4v) is 4.88. The van der Waals surface area contributed by atoms with Gasteiger partial charge in [0.2, 0.25) is 5.75 Å². The van der Waals surface area contributed by atoms with E-state index in [1.807, 2.05) is 77.4 Å². The van der Waals surface area contributed by atoms with E-state index in [1.165, 1.54) is 11.8 Å². The summed E-state index contributed by atoms with van der Waals surface area (Å²) in [6, 6.07) is 22.9. The van der Waals surface area contributed by atoms with Gasteiger partial charge in [-0.2, -0.15) is 5.10 Å². The molecule has 0 saturated carbocycles. The standard InChI is InChI=1S/C29H26N6O4S/c1-37-23-15-21(16-24(38-2)27(23)39-3)28-33-34-29(35(28)22-12-5-4-6-13-22)40-18-25(36)32-31-17-20-10-7-9-19-11-8-14-30-26(19)20/h4-17H,18H2,1-3H3,(H,32,36)/b31-17+. The molecule has 0 radical (unpaired) electrons. The fourth-order valence-electron chi connectivity index (χ4n) is 4.14. The molecule has 11 heteroatoms. The maximum atomic E-state index is 12.7. The molecule has 0 bridgehead atoms. The van der Waals surface area contributed by atoms with E-state index >= 15 is 0 Å². The zero-order valence-electron chi connectivity index (χ0n) is 22.1. The molecule has 0 aliphatic heterocycles. The summed E-state index contributed by atoms with van der Waals surface area (Å²) < 4.78 is 18.4. The van der Waals surface area contributed by atoms with Crippen molar-refractivity contribution < 1.29 is 19.0 Å². The van der Waals surface area contributed by atoms with Crippen molar-refractivity contribution in [3.8, 4) is 34.3 Å². The van der Waals surface area contributed by atoms with Crippen LogP contribution in [0.4, 0.5) is 0 Å². The number of para-hydroxylation sites is 2. The first-order valence-electron chi connectivity index (χ1n) is 12.2. The molecule has 0 saturated heterocycles. The molecular formula is C29H26N6O4S. The number of ether oxygens (including phenoxy) is 3. The predicted molar refractivity (Wildman–Crippen MR) is 155 cm³/mol. The first kappa shape index (κ1) is 26.7. The van der Waals surface area contributed by atoms with Gasteiger partial charge in [0.05, 0.1) is 38.8 Å². The number of hydrazone groups is 1. The highest BCUT2D eigenvalue weighted by molar-refractivity contribution is 7.99. The van der Waals surface area contributed by atoms with Crippen molar-refractivity contribution in [1.82, 2.24) is 25.2 Å². The lowest BCUT2D eigenvalue weighted by molar-refractivity contribution is -0.118. The van der Waals surface area contributed by atoms with Crippen molar-refractivity contribution in [1.29, 1.82) is 0 Å². The Kier molecular flexibility index (Phi) is 8.21. The number of amides is 1. The minimum absolute atomic E-state index is 0.0748. The Bertz CT molecular complexity index is 1640. The molecular weight excluding hydrogens is 528 g/mol. The van der Waals surface area contributed by atoms with Crippen LogP contribution in [0.3, 0.4) is 0 Å². The molecule has 40 heavy (non-hydrogen) atoms. The van der Waals surface area contributed by atoms with Crippen LogP contribution in [0.25, 0.3) is 28.0 Å². The second kappa shape index (κ2) is 12.3. The Morgan fingerprint density at radius 2 is 1.70 bits per heavy atom. The van der Waals surface area contributed by atoms with Crippen LogP contribution in [0.15, 0.2) is 89.3 Å². The summed E-state index contributed by atoms with van der Waals surface area (Å²) in [5, 5.41) is 14.5. The van der Waals surface area contributed by atoms with E-state index in [0.717, 1.165) is 22.2 Å². The largest absolute Gasteiger partial charge is 0.493 e. The molecule has 3 aromatic carbocycles. The molecule has 0 unspecified atom stereocenters. The molecule has 202 valence electrons. The summed E-state index contributed by atoms with van der Waals surface area (Å²) >= 11 is 1.25. The zero-order valence-corrected chi connectivity index (χ0v) is 22.9. The number of fused-ring (bicyclic) bond motifs is 1. The topological polar surface area (TPSA) is 113 Å². The van der Waals surface area contributed by atoms with E-state index in [9.17, 15) is 4.79 Å². The number of nitrogens with one attached hydrogen (secondary N) is 1. The second-order valence-corrected chi connectivity index (χ2v) is 9.34. The van der Waals surface area contributed by atoms with E-state index in [4.69, 9.17) is 14.2 Å². The van der Waals surface area contributed by atoms with E-state index in [1.54, 1.807) is 33.7 Å². The van der Waals surface area contributed by atoms with Gasteiger partial charge in [0.1, 0.15) is 0 Å². The van der Waals surface area contributed by atoms with Gasteiger partial charge in [-0.15, -0.1) is 10.2 Å².